The lowest BCUT2D eigenvalue weighted by Crippen LogP contribution is -2.01. The predicted octanol–water partition coefficient (Wildman–Crippen LogP) is 2.93. The molecule has 0 N–H and O–H groups in total. The smallest absolute Gasteiger partial charge is 0.129 e. The van der Waals surface area contributed by atoms with E-state index < -0.39 is 0 Å². The number of aryl methyl sites for hydroxylation is 2. The van der Waals surface area contributed by atoms with Gasteiger partial charge in [-0.15, -0.1) is 11.6 Å². The average molecular weight is 300 g/mol. The maximum Gasteiger partial charge on any atom is 0.129 e. The molecule has 0 saturated heterocycles. The first-order valence-corrected chi connectivity index (χ1v) is 7.21. The molecule has 6 heteroatoms. The number of halogens is 1. The molecule has 2 heterocycles. The number of alkyl halides is 1. The zero-order valence-electron chi connectivity index (χ0n) is 11.8. The predicted molar refractivity (Wildman–Crippen MR) is 81.5 cm³/mol. The number of rotatable bonds is 3. The molecule has 0 spiro atoms. The number of imidazole rings is 1. The third kappa shape index (κ3) is 2.18. The monoisotopic (exact) mass is 299 g/mol. The van der Waals surface area contributed by atoms with Crippen LogP contribution in [0, 0.1) is 11.3 Å². The highest BCUT2D eigenvalue weighted by molar-refractivity contribution is 6.17. The molecule has 0 amide bonds. The van der Waals surface area contributed by atoms with Crippen LogP contribution in [0.1, 0.15) is 24.0 Å². The van der Waals surface area contributed by atoms with Crippen molar-refractivity contribution in [3.05, 3.63) is 41.5 Å². The van der Waals surface area contributed by atoms with Gasteiger partial charge >= 0.3 is 0 Å². The molecule has 2 aromatic heterocycles. The maximum atomic E-state index is 9.11. The maximum absolute atomic E-state index is 9.11. The van der Waals surface area contributed by atoms with E-state index in [-0.39, 0.29) is 0 Å². The summed E-state index contributed by atoms with van der Waals surface area (Å²) in [5, 5.41) is 13.6. The van der Waals surface area contributed by atoms with E-state index in [2.05, 4.69) is 23.1 Å². The summed E-state index contributed by atoms with van der Waals surface area (Å²) < 4.78 is 3.78. The SMILES string of the molecule is CCc1nn(C)cc1-n1c(CCl)nc2ccc(C#N)cc21. The molecular formula is C15H14ClN5. The van der Waals surface area contributed by atoms with Gasteiger partial charge < -0.3 is 0 Å². The Balaban J connectivity index is 2.36. The molecule has 3 aromatic rings. The Morgan fingerprint density at radius 3 is 2.86 bits per heavy atom. The van der Waals surface area contributed by atoms with Gasteiger partial charge in [0.05, 0.1) is 39.9 Å². The highest BCUT2D eigenvalue weighted by atomic mass is 35.5. The molecule has 0 fully saturated rings. The summed E-state index contributed by atoms with van der Waals surface area (Å²) in [7, 11) is 1.89. The van der Waals surface area contributed by atoms with Gasteiger partial charge in [0.25, 0.3) is 0 Å². The van der Waals surface area contributed by atoms with E-state index in [1.807, 2.05) is 29.9 Å². The molecule has 5 nitrogen and oxygen atoms in total. The molecule has 0 aliphatic heterocycles. The average Bonchev–Trinajstić information content (AvgIpc) is 3.05. The van der Waals surface area contributed by atoms with Gasteiger partial charge in [-0.25, -0.2) is 4.98 Å². The lowest BCUT2D eigenvalue weighted by atomic mass is 10.2. The minimum atomic E-state index is 0.300. The van der Waals surface area contributed by atoms with Gasteiger partial charge in [0.15, 0.2) is 0 Å². The summed E-state index contributed by atoms with van der Waals surface area (Å²) in [6.45, 7) is 2.06. The Morgan fingerprint density at radius 1 is 1.38 bits per heavy atom. The van der Waals surface area contributed by atoms with Gasteiger partial charge in [-0.1, -0.05) is 6.92 Å². The van der Waals surface area contributed by atoms with Crippen LogP contribution in [0.4, 0.5) is 0 Å². The zero-order valence-corrected chi connectivity index (χ0v) is 12.6. The standard InChI is InChI=1S/C15H14ClN5/c1-3-11-14(9-20(2)19-11)21-13-6-10(8-17)4-5-12(13)18-15(21)7-16/h4-6,9H,3,7H2,1-2H3. The first kappa shape index (κ1) is 13.7. The van der Waals surface area contributed by atoms with Crippen molar-refractivity contribution in [1.82, 2.24) is 19.3 Å². The molecule has 0 aliphatic carbocycles. The quantitative estimate of drug-likeness (QED) is 0.699. The van der Waals surface area contributed by atoms with Crippen LogP contribution in [0.15, 0.2) is 24.4 Å². The van der Waals surface area contributed by atoms with Crippen LogP contribution in [-0.4, -0.2) is 19.3 Å². The number of nitrogens with zero attached hydrogens (tertiary/aromatic N) is 5. The van der Waals surface area contributed by atoms with Gasteiger partial charge in [0.2, 0.25) is 0 Å². The number of nitriles is 1. The van der Waals surface area contributed by atoms with Crippen molar-refractivity contribution in [1.29, 1.82) is 5.26 Å². The normalized spacial score (nSPS) is 11.0. The van der Waals surface area contributed by atoms with E-state index >= 15 is 0 Å². The number of hydrogen-bond donors (Lipinski definition) is 0. The molecule has 0 bridgehead atoms. The van der Waals surface area contributed by atoms with Crippen LogP contribution in [0.2, 0.25) is 0 Å². The molecule has 3 rings (SSSR count). The van der Waals surface area contributed by atoms with E-state index in [0.29, 0.717) is 11.4 Å². The number of fused-ring (bicyclic) bond motifs is 1. The number of hydrogen-bond acceptors (Lipinski definition) is 3. The summed E-state index contributed by atoms with van der Waals surface area (Å²) >= 11 is 6.05. The third-order valence-corrected chi connectivity index (χ3v) is 3.67. The summed E-state index contributed by atoms with van der Waals surface area (Å²) in [6.07, 6.45) is 2.77. The first-order valence-electron chi connectivity index (χ1n) is 6.68. The minimum Gasteiger partial charge on any atom is -0.292 e. The lowest BCUT2D eigenvalue weighted by molar-refractivity contribution is 0.746. The van der Waals surface area contributed by atoms with E-state index in [0.717, 1.165) is 34.7 Å². The van der Waals surface area contributed by atoms with Gasteiger partial charge in [-0.05, 0) is 24.6 Å². The Hall–Kier alpha value is -2.32. The largest absolute Gasteiger partial charge is 0.292 e. The molecule has 0 aliphatic rings. The van der Waals surface area contributed by atoms with Crippen molar-refractivity contribution in [2.45, 2.75) is 19.2 Å². The fourth-order valence-electron chi connectivity index (χ4n) is 2.51. The molecular weight excluding hydrogens is 286 g/mol. The topological polar surface area (TPSA) is 59.4 Å². The molecule has 0 unspecified atom stereocenters. The van der Waals surface area contributed by atoms with Crippen molar-refractivity contribution in [2.75, 3.05) is 0 Å². The molecule has 0 radical (unpaired) electrons. The van der Waals surface area contributed by atoms with E-state index in [1.54, 1.807) is 10.7 Å². The molecule has 0 saturated carbocycles. The van der Waals surface area contributed by atoms with E-state index in [9.17, 15) is 0 Å². The summed E-state index contributed by atoms with van der Waals surface area (Å²) in [4.78, 5) is 4.55. The Morgan fingerprint density at radius 2 is 2.19 bits per heavy atom. The van der Waals surface area contributed by atoms with Crippen LogP contribution in [0.3, 0.4) is 0 Å². The molecule has 1 aromatic carbocycles. The second-order valence-electron chi connectivity index (χ2n) is 4.80. The fraction of sp³-hybridized carbons (Fsp3) is 0.267. The van der Waals surface area contributed by atoms with Crippen LogP contribution >= 0.6 is 11.6 Å². The van der Waals surface area contributed by atoms with Crippen molar-refractivity contribution in [3.8, 4) is 11.8 Å². The Bertz CT molecular complexity index is 853. The second-order valence-corrected chi connectivity index (χ2v) is 5.07. The van der Waals surface area contributed by atoms with Crippen molar-refractivity contribution >= 4 is 22.6 Å². The lowest BCUT2D eigenvalue weighted by Gasteiger charge is -2.06. The van der Waals surface area contributed by atoms with E-state index in [4.69, 9.17) is 16.9 Å². The highest BCUT2D eigenvalue weighted by Crippen LogP contribution is 2.25. The zero-order chi connectivity index (χ0) is 15.0. The van der Waals surface area contributed by atoms with Crippen LogP contribution in [0.5, 0.6) is 0 Å². The van der Waals surface area contributed by atoms with Crippen LogP contribution < -0.4 is 0 Å². The van der Waals surface area contributed by atoms with Gasteiger partial charge in [-0.2, -0.15) is 10.4 Å². The second kappa shape index (κ2) is 5.23. The fourth-order valence-corrected chi connectivity index (χ4v) is 2.69. The van der Waals surface area contributed by atoms with E-state index in [1.165, 1.54) is 0 Å². The molecule has 106 valence electrons. The summed E-state index contributed by atoms with van der Waals surface area (Å²) in [5.41, 5.74) is 4.26. The summed E-state index contributed by atoms with van der Waals surface area (Å²) in [5.74, 6) is 1.05. The van der Waals surface area contributed by atoms with Gasteiger partial charge in [-0.3, -0.25) is 9.25 Å². The number of benzene rings is 1. The first-order chi connectivity index (χ1) is 10.2. The van der Waals surface area contributed by atoms with Crippen molar-refractivity contribution < 1.29 is 0 Å². The van der Waals surface area contributed by atoms with Crippen LogP contribution in [-0.2, 0) is 19.3 Å². The highest BCUT2D eigenvalue weighted by Gasteiger charge is 2.16. The third-order valence-electron chi connectivity index (χ3n) is 3.43. The Labute approximate surface area is 127 Å². The molecule has 21 heavy (non-hydrogen) atoms. The Kier molecular flexibility index (Phi) is 3.40. The molecule has 0 atom stereocenters. The van der Waals surface area contributed by atoms with Gasteiger partial charge in [0.1, 0.15) is 5.82 Å². The van der Waals surface area contributed by atoms with Crippen LogP contribution in [0.25, 0.3) is 16.7 Å². The number of aromatic nitrogens is 4. The minimum absolute atomic E-state index is 0.300. The van der Waals surface area contributed by atoms with Gasteiger partial charge in [0, 0.05) is 13.2 Å². The van der Waals surface area contributed by atoms with Crippen molar-refractivity contribution in [2.24, 2.45) is 7.05 Å². The van der Waals surface area contributed by atoms with Crippen molar-refractivity contribution in [3.63, 3.8) is 0 Å². The summed E-state index contributed by atoms with van der Waals surface area (Å²) in [6, 6.07) is 7.62.